The van der Waals surface area contributed by atoms with Crippen LogP contribution in [0, 0.1) is 0 Å². The Kier molecular flexibility index (Phi) is 9.04. The van der Waals surface area contributed by atoms with Crippen molar-refractivity contribution < 1.29 is 0 Å². The maximum atomic E-state index is 5.04. The number of nitrogens with zero attached hydrogens (tertiary/aromatic N) is 2. The SMILES string of the molecule is CC(C)(c1ccccc1)c1cccc(-c2ccc(N(c3ccc(-c4ccccc4)cc3)c3ccc(-c4ccc(-c5ccccc5)cc4)cc3)cn2)c1. The minimum absolute atomic E-state index is 0.129. The molecule has 52 heavy (non-hydrogen) atoms. The van der Waals surface area contributed by atoms with E-state index in [0.717, 1.165) is 28.3 Å². The van der Waals surface area contributed by atoms with Gasteiger partial charge in [0.1, 0.15) is 0 Å². The molecule has 8 rings (SSSR count). The molecule has 0 aliphatic heterocycles. The van der Waals surface area contributed by atoms with Crippen LogP contribution >= 0.6 is 0 Å². The molecular formula is C50H40N2. The number of pyridine rings is 1. The number of rotatable bonds is 9. The van der Waals surface area contributed by atoms with Crippen LogP contribution in [0.1, 0.15) is 25.0 Å². The first-order valence-corrected chi connectivity index (χ1v) is 17.9. The fourth-order valence-corrected chi connectivity index (χ4v) is 6.95. The Labute approximate surface area is 307 Å². The summed E-state index contributed by atoms with van der Waals surface area (Å²) in [5, 5.41) is 0. The average Bonchev–Trinajstić information content (AvgIpc) is 3.23. The second-order valence-corrected chi connectivity index (χ2v) is 13.7. The summed E-state index contributed by atoms with van der Waals surface area (Å²) in [6.45, 7) is 4.56. The van der Waals surface area contributed by atoms with Gasteiger partial charge >= 0.3 is 0 Å². The van der Waals surface area contributed by atoms with Crippen LogP contribution in [0.15, 0.2) is 206 Å². The maximum Gasteiger partial charge on any atom is 0.0703 e. The average molecular weight is 669 g/mol. The second-order valence-electron chi connectivity index (χ2n) is 13.7. The van der Waals surface area contributed by atoms with Gasteiger partial charge in [0, 0.05) is 22.4 Å². The first kappa shape index (κ1) is 32.7. The predicted molar refractivity (Wildman–Crippen MR) is 219 cm³/mol. The smallest absolute Gasteiger partial charge is 0.0703 e. The van der Waals surface area contributed by atoms with Crippen molar-refractivity contribution in [3.63, 3.8) is 0 Å². The van der Waals surface area contributed by atoms with Crippen LogP contribution < -0.4 is 4.90 Å². The highest BCUT2D eigenvalue weighted by atomic mass is 15.1. The van der Waals surface area contributed by atoms with Crippen LogP contribution in [0.2, 0.25) is 0 Å². The molecule has 0 radical (unpaired) electrons. The van der Waals surface area contributed by atoms with E-state index in [1.807, 2.05) is 6.20 Å². The number of aromatic nitrogens is 1. The van der Waals surface area contributed by atoms with Crippen molar-refractivity contribution in [3.05, 3.63) is 218 Å². The van der Waals surface area contributed by atoms with E-state index in [1.165, 1.54) is 44.5 Å². The first-order chi connectivity index (χ1) is 25.5. The zero-order valence-corrected chi connectivity index (χ0v) is 29.5. The van der Waals surface area contributed by atoms with Crippen LogP contribution in [-0.2, 0) is 5.41 Å². The van der Waals surface area contributed by atoms with Crippen molar-refractivity contribution in [2.75, 3.05) is 4.90 Å². The standard InChI is InChI=1S/C50H40N2/c1-50(2,44-18-10-5-11-19-44)45-20-12-17-43(35-45)49-34-33-48(36-51-49)52(46-29-25-41(26-30-46)38-15-8-4-9-16-38)47-31-27-42(28-32-47)40-23-21-39(22-24-40)37-13-6-3-7-14-37/h3-36H,1-2H3. The van der Waals surface area contributed by atoms with Crippen molar-refractivity contribution in [3.8, 4) is 44.6 Å². The number of benzene rings is 7. The molecule has 0 N–H and O–H groups in total. The van der Waals surface area contributed by atoms with Gasteiger partial charge in [0.2, 0.25) is 0 Å². The van der Waals surface area contributed by atoms with E-state index >= 15 is 0 Å². The Morgan fingerprint density at radius 3 is 1.19 bits per heavy atom. The molecule has 2 heteroatoms. The second kappa shape index (κ2) is 14.4. The Balaban J connectivity index is 1.11. The monoisotopic (exact) mass is 668 g/mol. The van der Waals surface area contributed by atoms with Gasteiger partial charge in [0.05, 0.1) is 17.6 Å². The quantitative estimate of drug-likeness (QED) is 0.152. The minimum Gasteiger partial charge on any atom is -0.309 e. The Bertz CT molecular complexity index is 2360. The molecule has 0 bridgehead atoms. The lowest BCUT2D eigenvalue weighted by Crippen LogP contribution is -2.18. The highest BCUT2D eigenvalue weighted by Crippen LogP contribution is 2.38. The molecule has 0 saturated carbocycles. The molecule has 1 heterocycles. The fourth-order valence-electron chi connectivity index (χ4n) is 6.95. The Hall–Kier alpha value is -6.51. The van der Waals surface area contributed by atoms with E-state index in [4.69, 9.17) is 4.98 Å². The summed E-state index contributed by atoms with van der Waals surface area (Å²) in [6.07, 6.45) is 1.99. The third-order valence-corrected chi connectivity index (χ3v) is 10.1. The van der Waals surface area contributed by atoms with E-state index in [0.29, 0.717) is 0 Å². The number of hydrogen-bond acceptors (Lipinski definition) is 2. The maximum absolute atomic E-state index is 5.04. The van der Waals surface area contributed by atoms with Crippen molar-refractivity contribution in [1.82, 2.24) is 4.98 Å². The summed E-state index contributed by atoms with van der Waals surface area (Å²) < 4.78 is 0. The molecule has 1 aromatic heterocycles. The Morgan fingerprint density at radius 2 is 0.731 bits per heavy atom. The van der Waals surface area contributed by atoms with E-state index in [1.54, 1.807) is 0 Å². The van der Waals surface area contributed by atoms with E-state index < -0.39 is 0 Å². The van der Waals surface area contributed by atoms with Crippen molar-refractivity contribution >= 4 is 17.1 Å². The van der Waals surface area contributed by atoms with Crippen LogP contribution in [0.3, 0.4) is 0 Å². The summed E-state index contributed by atoms with van der Waals surface area (Å²) >= 11 is 0. The molecule has 2 nitrogen and oxygen atoms in total. The van der Waals surface area contributed by atoms with Gasteiger partial charge in [-0.2, -0.15) is 0 Å². The van der Waals surface area contributed by atoms with Crippen molar-refractivity contribution in [2.45, 2.75) is 19.3 Å². The molecule has 0 aliphatic carbocycles. The topological polar surface area (TPSA) is 16.1 Å². The molecule has 8 aromatic rings. The summed E-state index contributed by atoms with van der Waals surface area (Å²) in [4.78, 5) is 7.32. The third kappa shape index (κ3) is 6.80. The lowest BCUT2D eigenvalue weighted by Gasteiger charge is -2.27. The van der Waals surface area contributed by atoms with Crippen molar-refractivity contribution in [1.29, 1.82) is 0 Å². The first-order valence-electron chi connectivity index (χ1n) is 17.9. The van der Waals surface area contributed by atoms with Gasteiger partial charge in [-0.1, -0.05) is 172 Å². The van der Waals surface area contributed by atoms with Crippen molar-refractivity contribution in [2.24, 2.45) is 0 Å². The predicted octanol–water partition coefficient (Wildman–Crippen LogP) is 13.5. The Morgan fingerprint density at radius 1 is 0.346 bits per heavy atom. The lowest BCUT2D eigenvalue weighted by atomic mass is 9.77. The molecule has 0 fully saturated rings. The molecule has 0 aliphatic rings. The van der Waals surface area contributed by atoms with E-state index in [2.05, 4.69) is 219 Å². The van der Waals surface area contributed by atoms with Crippen LogP contribution in [0.5, 0.6) is 0 Å². The zero-order chi connectivity index (χ0) is 35.3. The van der Waals surface area contributed by atoms with Gasteiger partial charge in [-0.05, 0) is 87.0 Å². The third-order valence-electron chi connectivity index (χ3n) is 10.1. The largest absolute Gasteiger partial charge is 0.309 e. The minimum atomic E-state index is -0.129. The van der Waals surface area contributed by atoms with Gasteiger partial charge < -0.3 is 4.90 Å². The summed E-state index contributed by atoms with van der Waals surface area (Å²) in [5.74, 6) is 0. The molecular weight excluding hydrogens is 629 g/mol. The van der Waals surface area contributed by atoms with Crippen LogP contribution in [-0.4, -0.2) is 4.98 Å². The summed E-state index contributed by atoms with van der Waals surface area (Å²) in [7, 11) is 0. The molecule has 0 amide bonds. The molecule has 7 aromatic carbocycles. The number of anilines is 3. The van der Waals surface area contributed by atoms with Crippen LogP contribution in [0.4, 0.5) is 17.1 Å². The normalized spacial score (nSPS) is 11.3. The van der Waals surface area contributed by atoms with Crippen LogP contribution in [0.25, 0.3) is 44.6 Å². The summed E-state index contributed by atoms with van der Waals surface area (Å²) in [5.41, 5.74) is 14.8. The highest BCUT2D eigenvalue weighted by Gasteiger charge is 2.23. The highest BCUT2D eigenvalue weighted by molar-refractivity contribution is 5.80. The lowest BCUT2D eigenvalue weighted by molar-refractivity contribution is 0.641. The molecule has 0 unspecified atom stereocenters. The van der Waals surface area contributed by atoms with Gasteiger partial charge in [-0.3, -0.25) is 4.98 Å². The molecule has 0 atom stereocenters. The number of hydrogen-bond donors (Lipinski definition) is 0. The fraction of sp³-hybridized carbons (Fsp3) is 0.0600. The zero-order valence-electron chi connectivity index (χ0n) is 29.5. The van der Waals surface area contributed by atoms with Gasteiger partial charge in [-0.25, -0.2) is 0 Å². The van der Waals surface area contributed by atoms with Gasteiger partial charge in [0.25, 0.3) is 0 Å². The van der Waals surface area contributed by atoms with Gasteiger partial charge in [0.15, 0.2) is 0 Å². The van der Waals surface area contributed by atoms with E-state index in [9.17, 15) is 0 Å². The van der Waals surface area contributed by atoms with E-state index in [-0.39, 0.29) is 5.41 Å². The van der Waals surface area contributed by atoms with Gasteiger partial charge in [-0.15, -0.1) is 0 Å². The molecule has 0 saturated heterocycles. The molecule has 250 valence electrons. The molecule has 0 spiro atoms. The summed E-state index contributed by atoms with van der Waals surface area (Å²) in [6, 6.07) is 71.2.